The van der Waals surface area contributed by atoms with Crippen molar-refractivity contribution in [3.8, 4) is 11.3 Å². The molecule has 0 amide bonds. The Morgan fingerprint density at radius 1 is 0.933 bits per heavy atom. The molecular weight excluding hydrogens is 429 g/mol. The number of furan rings is 1. The van der Waals surface area contributed by atoms with Crippen molar-refractivity contribution >= 4 is 35.9 Å². The summed E-state index contributed by atoms with van der Waals surface area (Å²) < 4.78 is 15.4. The van der Waals surface area contributed by atoms with Crippen LogP contribution in [0.15, 0.2) is 59.0 Å². The summed E-state index contributed by atoms with van der Waals surface area (Å²) in [6, 6.07) is 15.9. The largest absolute Gasteiger partial charge is 0.465 e. The Kier molecular flexibility index (Phi) is 8.47. The quantitative estimate of drug-likeness (QED) is 0.517. The summed E-state index contributed by atoms with van der Waals surface area (Å²) >= 11 is 6.16. The summed E-state index contributed by atoms with van der Waals surface area (Å²) in [4.78, 5) is 23.9. The van der Waals surface area contributed by atoms with Crippen LogP contribution in [0.4, 0.5) is 0 Å². The average Bonchev–Trinajstić information content (AvgIpc) is 3.22. The molecule has 0 spiro atoms. The van der Waals surface area contributed by atoms with E-state index in [2.05, 4.69) is 5.32 Å². The molecule has 0 radical (unpaired) electrons. The highest BCUT2D eigenvalue weighted by Gasteiger charge is 2.16. The van der Waals surface area contributed by atoms with Gasteiger partial charge in [-0.3, -0.25) is 0 Å². The molecule has 0 aliphatic carbocycles. The van der Waals surface area contributed by atoms with Gasteiger partial charge in [-0.2, -0.15) is 0 Å². The highest BCUT2D eigenvalue weighted by Crippen LogP contribution is 2.26. The summed E-state index contributed by atoms with van der Waals surface area (Å²) in [6.45, 7) is 1.09. The van der Waals surface area contributed by atoms with Gasteiger partial charge in [-0.15, -0.1) is 12.4 Å². The molecule has 0 fully saturated rings. The molecule has 8 heteroatoms. The number of nitrogens with one attached hydrogen (secondary N) is 1. The molecule has 1 aromatic heterocycles. The first kappa shape index (κ1) is 23.5. The van der Waals surface area contributed by atoms with Crippen LogP contribution < -0.4 is 5.32 Å². The van der Waals surface area contributed by atoms with Gasteiger partial charge in [-0.25, -0.2) is 9.59 Å². The van der Waals surface area contributed by atoms with E-state index in [-0.39, 0.29) is 23.5 Å². The van der Waals surface area contributed by atoms with Crippen LogP contribution in [-0.4, -0.2) is 26.2 Å². The number of hydrogen-bond acceptors (Lipinski definition) is 6. The zero-order chi connectivity index (χ0) is 20.8. The molecule has 0 unspecified atom stereocenters. The van der Waals surface area contributed by atoms with E-state index < -0.39 is 11.9 Å². The van der Waals surface area contributed by atoms with Crippen molar-refractivity contribution in [1.82, 2.24) is 5.32 Å². The molecule has 1 heterocycles. The number of carbonyl (C=O) groups excluding carboxylic acids is 2. The minimum atomic E-state index is -0.551. The predicted molar refractivity (Wildman–Crippen MR) is 116 cm³/mol. The van der Waals surface area contributed by atoms with Crippen LogP contribution in [0.3, 0.4) is 0 Å². The Hall–Kier alpha value is -2.80. The minimum Gasteiger partial charge on any atom is -0.465 e. The van der Waals surface area contributed by atoms with Crippen LogP contribution in [0, 0.1) is 0 Å². The molecule has 0 aliphatic heterocycles. The summed E-state index contributed by atoms with van der Waals surface area (Å²) in [6.07, 6.45) is 0. The van der Waals surface area contributed by atoms with Crippen LogP contribution in [0.1, 0.15) is 32.0 Å². The lowest BCUT2D eigenvalue weighted by Crippen LogP contribution is -2.12. The van der Waals surface area contributed by atoms with Crippen molar-refractivity contribution in [2.75, 3.05) is 14.2 Å². The molecule has 6 nitrogen and oxygen atoms in total. The molecule has 0 bridgehead atoms. The number of rotatable bonds is 7. The van der Waals surface area contributed by atoms with Crippen LogP contribution in [0.2, 0.25) is 5.02 Å². The fourth-order valence-electron chi connectivity index (χ4n) is 2.83. The fraction of sp³-hybridized carbons (Fsp3) is 0.182. The lowest BCUT2D eigenvalue weighted by atomic mass is 10.0. The van der Waals surface area contributed by atoms with Crippen LogP contribution >= 0.6 is 24.0 Å². The maximum Gasteiger partial charge on any atom is 0.337 e. The van der Waals surface area contributed by atoms with Crippen molar-refractivity contribution in [2.24, 2.45) is 0 Å². The monoisotopic (exact) mass is 449 g/mol. The van der Waals surface area contributed by atoms with Crippen molar-refractivity contribution in [1.29, 1.82) is 0 Å². The first-order valence-corrected chi connectivity index (χ1v) is 9.24. The van der Waals surface area contributed by atoms with Crippen molar-refractivity contribution in [3.63, 3.8) is 0 Å². The third-order valence-corrected chi connectivity index (χ3v) is 4.66. The van der Waals surface area contributed by atoms with Gasteiger partial charge in [-0.1, -0.05) is 29.8 Å². The Balaban J connectivity index is 0.00000320. The van der Waals surface area contributed by atoms with Gasteiger partial charge < -0.3 is 19.2 Å². The summed E-state index contributed by atoms with van der Waals surface area (Å²) in [7, 11) is 2.56. The van der Waals surface area contributed by atoms with E-state index in [9.17, 15) is 9.59 Å². The summed E-state index contributed by atoms with van der Waals surface area (Å²) in [5, 5.41) is 3.98. The Morgan fingerprint density at radius 3 is 2.17 bits per heavy atom. The Bertz CT molecular complexity index is 998. The third kappa shape index (κ3) is 5.63. The second kappa shape index (κ2) is 10.8. The smallest absolute Gasteiger partial charge is 0.337 e. The number of methoxy groups -OCH3 is 2. The zero-order valence-electron chi connectivity index (χ0n) is 16.4. The molecule has 1 N–H and O–H groups in total. The highest BCUT2D eigenvalue weighted by molar-refractivity contribution is 6.31. The van der Waals surface area contributed by atoms with Gasteiger partial charge in [0.1, 0.15) is 11.5 Å². The average molecular weight is 450 g/mol. The van der Waals surface area contributed by atoms with Crippen LogP contribution in [0.25, 0.3) is 11.3 Å². The maximum atomic E-state index is 11.9. The number of hydrogen-bond donors (Lipinski definition) is 1. The first-order valence-electron chi connectivity index (χ1n) is 8.86. The number of ether oxygens (including phenoxy) is 2. The second-order valence-corrected chi connectivity index (χ2v) is 6.65. The molecule has 2 aromatic carbocycles. The van der Waals surface area contributed by atoms with Gasteiger partial charge in [0.25, 0.3) is 0 Å². The van der Waals surface area contributed by atoms with Crippen molar-refractivity contribution < 1.29 is 23.5 Å². The third-order valence-electron chi connectivity index (χ3n) is 4.29. The van der Waals surface area contributed by atoms with E-state index in [0.717, 1.165) is 5.56 Å². The maximum absolute atomic E-state index is 11.9. The van der Waals surface area contributed by atoms with Gasteiger partial charge in [0, 0.05) is 17.1 Å². The number of halogens is 2. The van der Waals surface area contributed by atoms with E-state index in [1.54, 1.807) is 18.2 Å². The number of esters is 2. The van der Waals surface area contributed by atoms with E-state index in [1.165, 1.54) is 20.3 Å². The zero-order valence-corrected chi connectivity index (χ0v) is 18.0. The van der Waals surface area contributed by atoms with E-state index in [4.69, 9.17) is 25.5 Å². The number of carbonyl (C=O) groups is 2. The Labute approximate surface area is 185 Å². The topological polar surface area (TPSA) is 77.8 Å². The second-order valence-electron chi connectivity index (χ2n) is 6.24. The lowest BCUT2D eigenvalue weighted by Gasteiger charge is -2.07. The summed E-state index contributed by atoms with van der Waals surface area (Å²) in [5.74, 6) is 0.126. The highest BCUT2D eigenvalue weighted by atomic mass is 35.5. The molecule has 30 heavy (non-hydrogen) atoms. The minimum absolute atomic E-state index is 0. The summed E-state index contributed by atoms with van der Waals surface area (Å²) in [5.41, 5.74) is 2.04. The molecule has 0 saturated heterocycles. The normalized spacial score (nSPS) is 10.2. The van der Waals surface area contributed by atoms with Gasteiger partial charge in [0.2, 0.25) is 0 Å². The van der Waals surface area contributed by atoms with Crippen molar-refractivity contribution in [2.45, 2.75) is 13.1 Å². The number of benzene rings is 2. The standard InChI is InChI=1S/C22H20ClNO5.ClH/c1-27-21(25)16-9-15(10-17(11-16)22(26)28-2)20-8-7-18(29-20)13-24-12-14-5-3-4-6-19(14)23;/h3-11,24H,12-13H2,1-2H3;1H. The molecule has 0 saturated carbocycles. The van der Waals surface area contributed by atoms with Gasteiger partial charge >= 0.3 is 11.9 Å². The molecule has 0 atom stereocenters. The SMILES string of the molecule is COC(=O)c1cc(C(=O)OC)cc(-c2ccc(CNCc3ccccc3Cl)o2)c1.Cl. The van der Waals surface area contributed by atoms with Gasteiger partial charge in [-0.05, 0) is 42.0 Å². The van der Waals surface area contributed by atoms with E-state index >= 15 is 0 Å². The van der Waals surface area contributed by atoms with Gasteiger partial charge in [0.15, 0.2) is 0 Å². The van der Waals surface area contributed by atoms with E-state index in [1.807, 2.05) is 30.3 Å². The fourth-order valence-corrected chi connectivity index (χ4v) is 3.03. The Morgan fingerprint density at radius 2 is 1.57 bits per heavy atom. The van der Waals surface area contributed by atoms with E-state index in [0.29, 0.717) is 35.2 Å². The molecule has 3 aromatic rings. The molecule has 0 aliphatic rings. The van der Waals surface area contributed by atoms with Crippen LogP contribution in [0.5, 0.6) is 0 Å². The lowest BCUT2D eigenvalue weighted by molar-refractivity contribution is 0.0599. The van der Waals surface area contributed by atoms with Gasteiger partial charge in [0.05, 0.1) is 31.9 Å². The molecule has 158 valence electrons. The predicted octanol–water partition coefficient (Wildman–Crippen LogP) is 4.88. The van der Waals surface area contributed by atoms with Crippen molar-refractivity contribution in [3.05, 3.63) is 82.1 Å². The molecular formula is C22H21Cl2NO5. The molecule has 3 rings (SSSR count). The first-order chi connectivity index (χ1) is 14.0. The van der Waals surface area contributed by atoms with Crippen LogP contribution in [-0.2, 0) is 22.6 Å².